The number of benzene rings is 2. The zero-order chi connectivity index (χ0) is 13.7. The van der Waals surface area contributed by atoms with Gasteiger partial charge < -0.3 is 15.8 Å². The van der Waals surface area contributed by atoms with E-state index in [4.69, 9.17) is 10.8 Å². The average molecular weight is 255 g/mol. The van der Waals surface area contributed by atoms with Crippen LogP contribution in [0.3, 0.4) is 0 Å². The van der Waals surface area contributed by atoms with Gasteiger partial charge in [0, 0.05) is 0 Å². The molecule has 5 nitrogen and oxygen atoms in total. The molecule has 0 fully saturated rings. The molecule has 0 radical (unpaired) electrons. The summed E-state index contributed by atoms with van der Waals surface area (Å²) in [4.78, 5) is 17.2. The maximum Gasteiger partial charge on any atom is 0.335 e. The van der Waals surface area contributed by atoms with Crippen LogP contribution in [-0.2, 0) is 0 Å². The van der Waals surface area contributed by atoms with Gasteiger partial charge in [-0.15, -0.1) is 0 Å². The second-order valence-corrected chi connectivity index (χ2v) is 3.81. The second kappa shape index (κ2) is 5.68. The summed E-state index contributed by atoms with van der Waals surface area (Å²) in [6, 6.07) is 16.0. The van der Waals surface area contributed by atoms with Crippen molar-refractivity contribution in [1.29, 1.82) is 0 Å². The number of imidazole rings is 1. The largest absolute Gasteiger partial charge is 0.478 e. The van der Waals surface area contributed by atoms with Crippen LogP contribution < -0.4 is 5.73 Å². The highest BCUT2D eigenvalue weighted by Crippen LogP contribution is 2.10. The first kappa shape index (κ1) is 12.6. The molecule has 1 heterocycles. The number of carboxylic acids is 1. The molecule has 0 saturated carbocycles. The minimum absolute atomic E-state index is 0.331. The molecule has 96 valence electrons. The quantitative estimate of drug-likeness (QED) is 0.623. The molecule has 3 rings (SSSR count). The number of anilines is 1. The third-order valence-corrected chi connectivity index (χ3v) is 2.43. The highest BCUT2D eigenvalue weighted by atomic mass is 16.4. The number of fused-ring (bicyclic) bond motifs is 1. The van der Waals surface area contributed by atoms with Crippen LogP contribution in [0.25, 0.3) is 11.0 Å². The van der Waals surface area contributed by atoms with E-state index >= 15 is 0 Å². The number of rotatable bonds is 1. The summed E-state index contributed by atoms with van der Waals surface area (Å²) in [5.74, 6) is -0.406. The van der Waals surface area contributed by atoms with E-state index in [1.807, 2.05) is 24.3 Å². The molecule has 0 aliphatic carbocycles. The lowest BCUT2D eigenvalue weighted by molar-refractivity contribution is 0.0697. The molecule has 0 aliphatic heterocycles. The van der Waals surface area contributed by atoms with Crippen molar-refractivity contribution < 1.29 is 9.90 Å². The van der Waals surface area contributed by atoms with Crippen LogP contribution in [-0.4, -0.2) is 21.0 Å². The Hall–Kier alpha value is -2.82. The van der Waals surface area contributed by atoms with E-state index < -0.39 is 5.97 Å². The lowest BCUT2D eigenvalue weighted by Crippen LogP contribution is -1.93. The maximum absolute atomic E-state index is 10.2. The summed E-state index contributed by atoms with van der Waals surface area (Å²) < 4.78 is 0. The Bertz CT molecular complexity index is 644. The van der Waals surface area contributed by atoms with Gasteiger partial charge in [0.15, 0.2) is 5.95 Å². The fourth-order valence-electron chi connectivity index (χ4n) is 1.55. The third kappa shape index (κ3) is 3.32. The summed E-state index contributed by atoms with van der Waals surface area (Å²) in [5.41, 5.74) is 7.66. The van der Waals surface area contributed by atoms with Gasteiger partial charge in [-0.25, -0.2) is 9.78 Å². The van der Waals surface area contributed by atoms with Crippen molar-refractivity contribution >= 4 is 23.0 Å². The Morgan fingerprint density at radius 1 is 1.05 bits per heavy atom. The lowest BCUT2D eigenvalue weighted by atomic mass is 10.2. The Morgan fingerprint density at radius 3 is 2.26 bits per heavy atom. The van der Waals surface area contributed by atoms with Crippen molar-refractivity contribution in [3.8, 4) is 0 Å². The monoisotopic (exact) mass is 255 g/mol. The minimum atomic E-state index is -0.879. The van der Waals surface area contributed by atoms with Gasteiger partial charge in [0.2, 0.25) is 0 Å². The van der Waals surface area contributed by atoms with E-state index in [-0.39, 0.29) is 0 Å². The summed E-state index contributed by atoms with van der Waals surface area (Å²) >= 11 is 0. The van der Waals surface area contributed by atoms with E-state index in [1.54, 1.807) is 30.3 Å². The third-order valence-electron chi connectivity index (χ3n) is 2.43. The molecule has 0 amide bonds. The fourth-order valence-corrected chi connectivity index (χ4v) is 1.55. The number of nitrogen functional groups attached to an aromatic ring is 1. The molecule has 0 aliphatic rings. The standard InChI is InChI=1S/C7H7N3.C7H6O2/c8-7-9-5-3-1-2-4-6(5)10-7;8-7(9)6-4-2-1-3-5-6/h1-4H,(H3,8,9,10);1-5H,(H,8,9). The predicted octanol–water partition coefficient (Wildman–Crippen LogP) is 2.53. The number of aromatic amines is 1. The topological polar surface area (TPSA) is 92.0 Å². The number of H-pyrrole nitrogens is 1. The molecule has 0 saturated heterocycles. The molecule has 4 N–H and O–H groups in total. The molecule has 19 heavy (non-hydrogen) atoms. The van der Waals surface area contributed by atoms with Crippen molar-refractivity contribution in [2.75, 3.05) is 5.73 Å². The Labute approximate surface area is 109 Å². The first-order chi connectivity index (χ1) is 9.16. The normalized spacial score (nSPS) is 9.68. The number of nitrogens with two attached hydrogens (primary N) is 1. The SMILES string of the molecule is Nc1nc2ccccc2[nH]1.O=C(O)c1ccccc1. The van der Waals surface area contributed by atoms with E-state index in [0.29, 0.717) is 11.5 Å². The number of hydrogen-bond acceptors (Lipinski definition) is 3. The summed E-state index contributed by atoms with van der Waals surface area (Å²) in [6.07, 6.45) is 0. The van der Waals surface area contributed by atoms with Crippen molar-refractivity contribution in [3.63, 3.8) is 0 Å². The molecular weight excluding hydrogens is 242 g/mol. The van der Waals surface area contributed by atoms with Gasteiger partial charge in [-0.05, 0) is 24.3 Å². The van der Waals surface area contributed by atoms with Gasteiger partial charge >= 0.3 is 5.97 Å². The van der Waals surface area contributed by atoms with Crippen molar-refractivity contribution in [3.05, 3.63) is 60.2 Å². The van der Waals surface area contributed by atoms with Gasteiger partial charge in [-0.3, -0.25) is 0 Å². The number of nitrogens with zero attached hydrogens (tertiary/aromatic N) is 1. The minimum Gasteiger partial charge on any atom is -0.478 e. The summed E-state index contributed by atoms with van der Waals surface area (Å²) in [7, 11) is 0. The highest BCUT2D eigenvalue weighted by molar-refractivity contribution is 5.87. The van der Waals surface area contributed by atoms with Crippen LogP contribution in [0.15, 0.2) is 54.6 Å². The number of hydrogen-bond donors (Lipinski definition) is 3. The molecule has 3 aromatic rings. The maximum atomic E-state index is 10.2. The van der Waals surface area contributed by atoms with Crippen molar-refractivity contribution in [2.45, 2.75) is 0 Å². The van der Waals surface area contributed by atoms with E-state index in [1.165, 1.54) is 0 Å². The number of carboxylic acid groups (broad SMARTS) is 1. The van der Waals surface area contributed by atoms with Crippen molar-refractivity contribution in [2.24, 2.45) is 0 Å². The molecule has 5 heteroatoms. The molecular formula is C14H13N3O2. The van der Waals surface area contributed by atoms with Gasteiger partial charge in [-0.2, -0.15) is 0 Å². The van der Waals surface area contributed by atoms with Gasteiger partial charge in [0.1, 0.15) is 0 Å². The molecule has 0 spiro atoms. The van der Waals surface area contributed by atoms with Crippen LogP contribution >= 0.6 is 0 Å². The Kier molecular flexibility index (Phi) is 3.78. The lowest BCUT2D eigenvalue weighted by Gasteiger charge is -1.88. The van der Waals surface area contributed by atoms with E-state index in [0.717, 1.165) is 11.0 Å². The van der Waals surface area contributed by atoms with Gasteiger partial charge in [-0.1, -0.05) is 30.3 Å². The molecule has 1 aromatic heterocycles. The first-order valence-electron chi connectivity index (χ1n) is 5.65. The number of aromatic carboxylic acids is 1. The van der Waals surface area contributed by atoms with Crippen LogP contribution in [0.5, 0.6) is 0 Å². The van der Waals surface area contributed by atoms with Crippen LogP contribution in [0, 0.1) is 0 Å². The van der Waals surface area contributed by atoms with Crippen LogP contribution in [0.4, 0.5) is 5.95 Å². The zero-order valence-electron chi connectivity index (χ0n) is 10.1. The average Bonchev–Trinajstić information content (AvgIpc) is 2.80. The van der Waals surface area contributed by atoms with Crippen LogP contribution in [0.2, 0.25) is 0 Å². The first-order valence-corrected chi connectivity index (χ1v) is 5.65. The molecule has 0 atom stereocenters. The Morgan fingerprint density at radius 2 is 1.68 bits per heavy atom. The van der Waals surface area contributed by atoms with E-state index in [9.17, 15) is 4.79 Å². The fraction of sp³-hybridized carbons (Fsp3) is 0. The summed E-state index contributed by atoms with van der Waals surface area (Å²) in [5, 5.41) is 8.38. The highest BCUT2D eigenvalue weighted by Gasteiger charge is 1.96. The molecule has 0 unspecified atom stereocenters. The zero-order valence-corrected chi connectivity index (χ0v) is 10.1. The van der Waals surface area contributed by atoms with Gasteiger partial charge in [0.05, 0.1) is 16.6 Å². The number of aromatic nitrogens is 2. The number of carbonyl (C=O) groups is 1. The molecule has 2 aromatic carbocycles. The number of para-hydroxylation sites is 2. The smallest absolute Gasteiger partial charge is 0.335 e. The Balaban J connectivity index is 0.000000141. The van der Waals surface area contributed by atoms with Gasteiger partial charge in [0.25, 0.3) is 0 Å². The molecule has 0 bridgehead atoms. The summed E-state index contributed by atoms with van der Waals surface area (Å²) in [6.45, 7) is 0. The van der Waals surface area contributed by atoms with Crippen LogP contribution in [0.1, 0.15) is 10.4 Å². The predicted molar refractivity (Wildman–Crippen MR) is 73.9 cm³/mol. The number of nitrogens with one attached hydrogen (secondary N) is 1. The van der Waals surface area contributed by atoms with E-state index in [2.05, 4.69) is 9.97 Å². The van der Waals surface area contributed by atoms with Crippen molar-refractivity contribution in [1.82, 2.24) is 9.97 Å². The second-order valence-electron chi connectivity index (χ2n) is 3.81.